The van der Waals surface area contributed by atoms with Crippen molar-refractivity contribution in [2.24, 2.45) is 0 Å². The van der Waals surface area contributed by atoms with Crippen LogP contribution in [-0.2, 0) is 4.79 Å². The van der Waals surface area contributed by atoms with Crippen LogP contribution in [0.25, 0.3) is 0 Å². The van der Waals surface area contributed by atoms with Gasteiger partial charge in [-0.15, -0.1) is 0 Å². The normalized spacial score (nSPS) is 19.4. The van der Waals surface area contributed by atoms with Gasteiger partial charge in [0.05, 0.1) is 15.6 Å². The van der Waals surface area contributed by atoms with Gasteiger partial charge in [-0.2, -0.15) is 0 Å². The van der Waals surface area contributed by atoms with E-state index in [1.807, 2.05) is 0 Å². The molecule has 1 saturated heterocycles. The highest BCUT2D eigenvalue weighted by Gasteiger charge is 2.19. The Morgan fingerprint density at radius 2 is 2.26 bits per heavy atom. The van der Waals surface area contributed by atoms with Crippen LogP contribution in [0.15, 0.2) is 18.2 Å². The average Bonchev–Trinajstić information content (AvgIpc) is 2.56. The van der Waals surface area contributed by atoms with Crippen LogP contribution in [0.3, 0.4) is 0 Å². The van der Waals surface area contributed by atoms with E-state index in [0.29, 0.717) is 23.7 Å². The van der Waals surface area contributed by atoms with E-state index in [2.05, 4.69) is 10.6 Å². The highest BCUT2D eigenvalue weighted by Crippen LogP contribution is 2.28. The quantitative estimate of drug-likeness (QED) is 0.659. The van der Waals surface area contributed by atoms with Crippen molar-refractivity contribution in [1.82, 2.24) is 5.32 Å². The molecule has 1 unspecified atom stereocenters. The molecule has 1 amide bonds. The second-order valence-corrected chi connectivity index (χ2v) is 4.87. The van der Waals surface area contributed by atoms with E-state index in [4.69, 9.17) is 11.6 Å². The zero-order valence-electron chi connectivity index (χ0n) is 10.2. The molecule has 1 fully saturated rings. The number of non-ortho nitro benzene ring substituents is 1. The summed E-state index contributed by atoms with van der Waals surface area (Å²) in [5.74, 6) is -0.0171. The van der Waals surface area contributed by atoms with Crippen molar-refractivity contribution in [3.05, 3.63) is 33.3 Å². The summed E-state index contributed by atoms with van der Waals surface area (Å²) in [6, 6.07) is 4.18. The summed E-state index contributed by atoms with van der Waals surface area (Å²) in [6.07, 6.45) is 2.03. The first-order valence-corrected chi connectivity index (χ1v) is 6.41. The Bertz CT molecular complexity index is 507. The lowest BCUT2D eigenvalue weighted by Gasteiger charge is -2.17. The average molecular weight is 284 g/mol. The molecule has 1 aromatic rings. The van der Waals surface area contributed by atoms with Gasteiger partial charge in [0.2, 0.25) is 5.91 Å². The zero-order valence-corrected chi connectivity index (χ0v) is 10.9. The third-order valence-corrected chi connectivity index (χ3v) is 3.33. The smallest absolute Gasteiger partial charge is 0.271 e. The van der Waals surface area contributed by atoms with Crippen molar-refractivity contribution in [2.75, 3.05) is 11.9 Å². The predicted molar refractivity (Wildman–Crippen MR) is 72.4 cm³/mol. The standard InChI is InChI=1S/C12H14ClN3O3/c13-10-4-3-9(16(18)19)7-11(10)15-8-2-1-5-14-12(17)6-8/h3-4,7-8,15H,1-2,5-6H2,(H,14,17). The first-order chi connectivity index (χ1) is 9.06. The molecule has 0 aromatic heterocycles. The molecule has 1 heterocycles. The Balaban J connectivity index is 2.15. The van der Waals surface area contributed by atoms with E-state index in [1.165, 1.54) is 18.2 Å². The van der Waals surface area contributed by atoms with E-state index in [1.54, 1.807) is 0 Å². The van der Waals surface area contributed by atoms with E-state index >= 15 is 0 Å². The third kappa shape index (κ3) is 3.57. The lowest BCUT2D eigenvalue weighted by atomic mass is 10.1. The van der Waals surface area contributed by atoms with Crippen molar-refractivity contribution >= 4 is 28.9 Å². The largest absolute Gasteiger partial charge is 0.380 e. The molecular formula is C12H14ClN3O3. The van der Waals surface area contributed by atoms with E-state index in [-0.39, 0.29) is 17.6 Å². The number of hydrogen-bond acceptors (Lipinski definition) is 4. The molecule has 1 atom stereocenters. The minimum Gasteiger partial charge on any atom is -0.380 e. The number of anilines is 1. The number of nitro groups is 1. The van der Waals surface area contributed by atoms with E-state index in [9.17, 15) is 14.9 Å². The second kappa shape index (κ2) is 5.88. The monoisotopic (exact) mass is 283 g/mol. The molecule has 2 N–H and O–H groups in total. The van der Waals surface area contributed by atoms with Crippen molar-refractivity contribution in [3.63, 3.8) is 0 Å². The fourth-order valence-electron chi connectivity index (χ4n) is 2.05. The number of rotatable bonds is 3. The van der Waals surface area contributed by atoms with Crippen molar-refractivity contribution in [1.29, 1.82) is 0 Å². The molecule has 1 aliphatic heterocycles. The first kappa shape index (κ1) is 13.6. The molecule has 0 radical (unpaired) electrons. The number of carbonyl (C=O) groups excluding carboxylic acids is 1. The molecule has 7 heteroatoms. The van der Waals surface area contributed by atoms with Crippen molar-refractivity contribution in [2.45, 2.75) is 25.3 Å². The van der Waals surface area contributed by atoms with E-state index < -0.39 is 4.92 Å². The minimum absolute atomic E-state index is 0.0171. The van der Waals surface area contributed by atoms with Gasteiger partial charge < -0.3 is 10.6 Å². The first-order valence-electron chi connectivity index (χ1n) is 6.03. The van der Waals surface area contributed by atoms with Crippen molar-refractivity contribution < 1.29 is 9.72 Å². The summed E-state index contributed by atoms with van der Waals surface area (Å²) >= 11 is 6.01. The summed E-state index contributed by atoms with van der Waals surface area (Å²) in [4.78, 5) is 21.7. The van der Waals surface area contributed by atoms with Gasteiger partial charge in [-0.05, 0) is 18.9 Å². The van der Waals surface area contributed by atoms with Gasteiger partial charge in [0.15, 0.2) is 0 Å². The van der Waals surface area contributed by atoms with Gasteiger partial charge in [0.1, 0.15) is 0 Å². The number of benzene rings is 1. The van der Waals surface area contributed by atoms with Crippen molar-refractivity contribution in [3.8, 4) is 0 Å². The maximum absolute atomic E-state index is 11.5. The van der Waals surface area contributed by atoms with Crippen LogP contribution in [0.4, 0.5) is 11.4 Å². The van der Waals surface area contributed by atoms with Crippen LogP contribution >= 0.6 is 11.6 Å². The SMILES string of the molecule is O=C1CC(Nc2cc([N+](=O)[O-])ccc2Cl)CCCN1. The molecule has 19 heavy (non-hydrogen) atoms. The van der Waals surface area contributed by atoms with Gasteiger partial charge in [-0.25, -0.2) is 0 Å². The number of nitrogens with zero attached hydrogens (tertiary/aromatic N) is 1. The van der Waals surface area contributed by atoms with Crippen LogP contribution in [-0.4, -0.2) is 23.4 Å². The fourth-order valence-corrected chi connectivity index (χ4v) is 2.23. The Morgan fingerprint density at radius 3 is 3.00 bits per heavy atom. The summed E-state index contributed by atoms with van der Waals surface area (Å²) in [7, 11) is 0. The van der Waals surface area contributed by atoms with Crippen LogP contribution in [0.5, 0.6) is 0 Å². The summed E-state index contributed by atoms with van der Waals surface area (Å²) < 4.78 is 0. The van der Waals surface area contributed by atoms with Gasteiger partial charge in [0, 0.05) is 31.1 Å². The molecule has 1 aromatic carbocycles. The number of halogens is 1. The highest BCUT2D eigenvalue weighted by molar-refractivity contribution is 6.33. The highest BCUT2D eigenvalue weighted by atomic mass is 35.5. The fraction of sp³-hybridized carbons (Fsp3) is 0.417. The lowest BCUT2D eigenvalue weighted by Crippen LogP contribution is -2.26. The Morgan fingerprint density at radius 1 is 1.47 bits per heavy atom. The number of hydrogen-bond donors (Lipinski definition) is 2. The van der Waals surface area contributed by atoms with Gasteiger partial charge >= 0.3 is 0 Å². The topological polar surface area (TPSA) is 84.3 Å². The molecular weight excluding hydrogens is 270 g/mol. The Kier molecular flexibility index (Phi) is 4.21. The number of nitrogens with one attached hydrogen (secondary N) is 2. The number of nitro benzene ring substituents is 1. The summed E-state index contributed by atoms with van der Waals surface area (Å²) in [5, 5.41) is 17.0. The molecule has 102 valence electrons. The Labute approximate surface area is 115 Å². The zero-order chi connectivity index (χ0) is 13.8. The molecule has 6 nitrogen and oxygen atoms in total. The number of carbonyl (C=O) groups is 1. The lowest BCUT2D eigenvalue weighted by molar-refractivity contribution is -0.384. The molecule has 2 rings (SSSR count). The molecule has 0 spiro atoms. The second-order valence-electron chi connectivity index (χ2n) is 4.46. The van der Waals surface area contributed by atoms with Crippen LogP contribution in [0.2, 0.25) is 5.02 Å². The third-order valence-electron chi connectivity index (χ3n) is 3.00. The molecule has 0 aliphatic carbocycles. The maximum Gasteiger partial charge on any atom is 0.271 e. The summed E-state index contributed by atoms with van der Waals surface area (Å²) in [6.45, 7) is 0.666. The van der Waals surface area contributed by atoms with E-state index in [0.717, 1.165) is 12.8 Å². The minimum atomic E-state index is -0.471. The van der Waals surface area contributed by atoms with Crippen LogP contribution in [0.1, 0.15) is 19.3 Å². The maximum atomic E-state index is 11.5. The van der Waals surface area contributed by atoms with Crippen LogP contribution in [0, 0.1) is 10.1 Å². The van der Waals surface area contributed by atoms with Crippen LogP contribution < -0.4 is 10.6 Å². The molecule has 0 bridgehead atoms. The molecule has 0 saturated carbocycles. The predicted octanol–water partition coefficient (Wildman–Crippen LogP) is 2.33. The van der Waals surface area contributed by atoms with Gasteiger partial charge in [0.25, 0.3) is 5.69 Å². The summed E-state index contributed by atoms with van der Waals surface area (Å²) in [5.41, 5.74) is 0.473. The van der Waals surface area contributed by atoms with Gasteiger partial charge in [-0.3, -0.25) is 14.9 Å². The number of amides is 1. The van der Waals surface area contributed by atoms with Gasteiger partial charge in [-0.1, -0.05) is 11.6 Å². The molecule has 1 aliphatic rings. The Hall–Kier alpha value is -1.82.